The molecular formula is C15H17N3O2S. The Morgan fingerprint density at radius 3 is 2.81 bits per heavy atom. The summed E-state index contributed by atoms with van der Waals surface area (Å²) in [5.74, 6) is 2.47. The number of benzene rings is 1. The molecule has 1 aromatic rings. The Labute approximate surface area is 127 Å². The van der Waals surface area contributed by atoms with E-state index in [1.807, 2.05) is 18.2 Å². The maximum absolute atomic E-state index is 5.73. The molecule has 0 unspecified atom stereocenters. The maximum atomic E-state index is 5.73. The number of hydrogen-bond acceptors (Lipinski definition) is 5. The lowest BCUT2D eigenvalue weighted by Gasteiger charge is -2.16. The molecule has 0 amide bonds. The minimum Gasteiger partial charge on any atom is -0.490 e. The predicted octanol–water partition coefficient (Wildman–Crippen LogP) is 2.41. The number of rotatable bonds is 2. The van der Waals surface area contributed by atoms with Crippen LogP contribution in [0.4, 0.5) is 0 Å². The van der Waals surface area contributed by atoms with Crippen molar-refractivity contribution in [2.24, 2.45) is 10.1 Å². The zero-order chi connectivity index (χ0) is 14.1. The molecule has 2 heterocycles. The van der Waals surface area contributed by atoms with Gasteiger partial charge in [-0.3, -0.25) is 10.4 Å². The molecule has 21 heavy (non-hydrogen) atoms. The number of thioether (sulfide) groups is 1. The summed E-state index contributed by atoms with van der Waals surface area (Å²) < 4.78 is 11.4. The second-order valence-electron chi connectivity index (χ2n) is 5.34. The zero-order valence-corrected chi connectivity index (χ0v) is 12.5. The van der Waals surface area contributed by atoms with E-state index in [4.69, 9.17) is 9.47 Å². The Bertz CT molecular complexity index is 611. The monoisotopic (exact) mass is 303 g/mol. The third kappa shape index (κ3) is 3.00. The van der Waals surface area contributed by atoms with E-state index in [-0.39, 0.29) is 0 Å². The lowest BCUT2D eigenvalue weighted by molar-refractivity contribution is 0.297. The van der Waals surface area contributed by atoms with Crippen molar-refractivity contribution in [3.8, 4) is 11.5 Å². The van der Waals surface area contributed by atoms with Crippen LogP contribution in [0.3, 0.4) is 0 Å². The quantitative estimate of drug-likeness (QED) is 0.911. The van der Waals surface area contributed by atoms with E-state index in [0.717, 1.165) is 40.1 Å². The Hall–Kier alpha value is -1.69. The predicted molar refractivity (Wildman–Crippen MR) is 84.6 cm³/mol. The molecule has 110 valence electrons. The minimum atomic E-state index is 0.523. The van der Waals surface area contributed by atoms with Crippen molar-refractivity contribution >= 4 is 22.6 Å². The number of aliphatic imine (C=N–C) groups is 1. The molecule has 1 fully saturated rings. The lowest BCUT2D eigenvalue weighted by Crippen LogP contribution is -2.25. The Balaban J connectivity index is 1.53. The Kier molecular flexibility index (Phi) is 3.47. The molecule has 0 radical (unpaired) electrons. The number of ether oxygens (including phenoxy) is 2. The standard InChI is InChI=1S/C15H17N3O2S/c1-6-19-13-5-2-10(8-14(13)20-7-1)12-9-21-15(18-17-12)16-11-3-4-11/h2,5,8,11H,1,3-4,6-7,9H2,(H,16,18). The normalized spacial score (nSPS) is 23.2. The van der Waals surface area contributed by atoms with Gasteiger partial charge in [0.25, 0.3) is 0 Å². The van der Waals surface area contributed by atoms with E-state index >= 15 is 0 Å². The molecule has 0 spiro atoms. The van der Waals surface area contributed by atoms with Crippen LogP contribution in [0.1, 0.15) is 24.8 Å². The van der Waals surface area contributed by atoms with Gasteiger partial charge in [-0.05, 0) is 31.0 Å². The SMILES string of the molecule is c1cc2c(cc1C1=NNC(=NC3CC3)SC1)OCCCO2. The average Bonchev–Trinajstić information content (AvgIpc) is 3.34. The van der Waals surface area contributed by atoms with E-state index in [2.05, 4.69) is 15.5 Å². The molecule has 2 aliphatic heterocycles. The summed E-state index contributed by atoms with van der Waals surface area (Å²) in [6.07, 6.45) is 3.35. The summed E-state index contributed by atoms with van der Waals surface area (Å²) in [4.78, 5) is 4.57. The van der Waals surface area contributed by atoms with Crippen LogP contribution in [0.15, 0.2) is 28.3 Å². The van der Waals surface area contributed by atoms with Crippen LogP contribution >= 0.6 is 11.8 Å². The smallest absolute Gasteiger partial charge is 0.177 e. The number of nitrogens with zero attached hydrogens (tertiary/aromatic N) is 2. The highest BCUT2D eigenvalue weighted by Crippen LogP contribution is 2.31. The molecule has 6 heteroatoms. The number of fused-ring (bicyclic) bond motifs is 1. The minimum absolute atomic E-state index is 0.523. The summed E-state index contributed by atoms with van der Waals surface area (Å²) >= 11 is 1.71. The molecule has 1 saturated carbocycles. The average molecular weight is 303 g/mol. The van der Waals surface area contributed by atoms with Crippen LogP contribution in [-0.2, 0) is 0 Å². The Morgan fingerprint density at radius 2 is 2.05 bits per heavy atom. The summed E-state index contributed by atoms with van der Waals surface area (Å²) in [5.41, 5.74) is 5.15. The second kappa shape index (κ2) is 5.60. The number of amidine groups is 1. The molecule has 4 rings (SSSR count). The first kappa shape index (κ1) is 13.0. The number of hydrogen-bond donors (Lipinski definition) is 1. The third-order valence-corrected chi connectivity index (χ3v) is 4.45. The van der Waals surface area contributed by atoms with Crippen molar-refractivity contribution in [3.63, 3.8) is 0 Å². The van der Waals surface area contributed by atoms with E-state index in [1.54, 1.807) is 11.8 Å². The van der Waals surface area contributed by atoms with Gasteiger partial charge in [0, 0.05) is 17.7 Å². The molecule has 0 aromatic heterocycles. The van der Waals surface area contributed by atoms with E-state index < -0.39 is 0 Å². The van der Waals surface area contributed by atoms with E-state index in [0.29, 0.717) is 19.3 Å². The first-order valence-electron chi connectivity index (χ1n) is 7.32. The molecule has 0 atom stereocenters. The summed E-state index contributed by atoms with van der Waals surface area (Å²) in [6, 6.07) is 6.55. The molecule has 1 N–H and O–H groups in total. The summed E-state index contributed by atoms with van der Waals surface area (Å²) in [6.45, 7) is 1.42. The van der Waals surface area contributed by atoms with Gasteiger partial charge in [-0.1, -0.05) is 11.8 Å². The number of hydrazone groups is 1. The van der Waals surface area contributed by atoms with Crippen LogP contribution in [0.2, 0.25) is 0 Å². The number of nitrogens with one attached hydrogen (secondary N) is 1. The van der Waals surface area contributed by atoms with Crippen molar-refractivity contribution in [3.05, 3.63) is 23.8 Å². The van der Waals surface area contributed by atoms with Crippen LogP contribution < -0.4 is 14.9 Å². The molecule has 0 saturated heterocycles. The van der Waals surface area contributed by atoms with Gasteiger partial charge in [0.1, 0.15) is 0 Å². The molecule has 3 aliphatic rings. The van der Waals surface area contributed by atoms with Gasteiger partial charge in [0.2, 0.25) is 0 Å². The van der Waals surface area contributed by atoms with Gasteiger partial charge >= 0.3 is 0 Å². The summed E-state index contributed by atoms with van der Waals surface area (Å²) in [5, 5.41) is 5.39. The van der Waals surface area contributed by atoms with Crippen LogP contribution in [0.25, 0.3) is 0 Å². The van der Waals surface area contributed by atoms with Crippen molar-refractivity contribution in [1.29, 1.82) is 0 Å². The lowest BCUT2D eigenvalue weighted by atomic mass is 10.1. The third-order valence-electron chi connectivity index (χ3n) is 3.56. The van der Waals surface area contributed by atoms with Gasteiger partial charge in [-0.25, -0.2) is 0 Å². The van der Waals surface area contributed by atoms with Crippen molar-refractivity contribution < 1.29 is 9.47 Å². The van der Waals surface area contributed by atoms with Crippen LogP contribution in [0, 0.1) is 0 Å². The molecular weight excluding hydrogens is 286 g/mol. The van der Waals surface area contributed by atoms with Crippen molar-refractivity contribution in [2.75, 3.05) is 19.0 Å². The van der Waals surface area contributed by atoms with Crippen molar-refractivity contribution in [2.45, 2.75) is 25.3 Å². The highest BCUT2D eigenvalue weighted by atomic mass is 32.2. The maximum Gasteiger partial charge on any atom is 0.177 e. The molecule has 1 aliphatic carbocycles. The summed E-state index contributed by atoms with van der Waals surface area (Å²) in [7, 11) is 0. The first-order chi connectivity index (χ1) is 10.4. The topological polar surface area (TPSA) is 55.2 Å². The second-order valence-corrected chi connectivity index (χ2v) is 6.30. The van der Waals surface area contributed by atoms with Gasteiger partial charge in [-0.2, -0.15) is 5.10 Å². The van der Waals surface area contributed by atoms with Crippen LogP contribution in [0.5, 0.6) is 11.5 Å². The zero-order valence-electron chi connectivity index (χ0n) is 11.7. The molecule has 0 bridgehead atoms. The molecule has 1 aromatic carbocycles. The van der Waals surface area contributed by atoms with Crippen LogP contribution in [-0.4, -0.2) is 35.9 Å². The molecule has 5 nitrogen and oxygen atoms in total. The first-order valence-corrected chi connectivity index (χ1v) is 8.30. The fraction of sp³-hybridized carbons (Fsp3) is 0.467. The van der Waals surface area contributed by atoms with E-state index in [9.17, 15) is 0 Å². The largest absolute Gasteiger partial charge is 0.490 e. The fourth-order valence-corrected chi connectivity index (χ4v) is 3.08. The van der Waals surface area contributed by atoms with Gasteiger partial charge in [0.15, 0.2) is 16.7 Å². The highest BCUT2D eigenvalue weighted by molar-refractivity contribution is 8.14. The Morgan fingerprint density at radius 1 is 1.19 bits per heavy atom. The highest BCUT2D eigenvalue weighted by Gasteiger charge is 2.23. The van der Waals surface area contributed by atoms with Gasteiger partial charge in [0.05, 0.1) is 25.0 Å². The van der Waals surface area contributed by atoms with Gasteiger partial charge < -0.3 is 9.47 Å². The van der Waals surface area contributed by atoms with E-state index in [1.165, 1.54) is 12.8 Å². The van der Waals surface area contributed by atoms with Crippen molar-refractivity contribution in [1.82, 2.24) is 5.43 Å². The van der Waals surface area contributed by atoms with Gasteiger partial charge in [-0.15, -0.1) is 0 Å². The fourth-order valence-electron chi connectivity index (χ4n) is 2.24.